The minimum atomic E-state index is 0.723. The summed E-state index contributed by atoms with van der Waals surface area (Å²) in [5, 5.41) is 8.64. The Kier molecular flexibility index (Phi) is 3.53. The molecule has 0 amide bonds. The van der Waals surface area contributed by atoms with Gasteiger partial charge in [0.2, 0.25) is 0 Å². The molecular weight excluding hydrogens is 208 g/mol. The zero-order chi connectivity index (χ0) is 10.5. The lowest BCUT2D eigenvalue weighted by Crippen LogP contribution is -2.06. The van der Waals surface area contributed by atoms with Gasteiger partial charge < -0.3 is 4.74 Å². The molecule has 0 unspecified atom stereocenters. The van der Waals surface area contributed by atoms with Crippen LogP contribution >= 0.6 is 11.3 Å². The molecule has 2 rings (SSSR count). The lowest BCUT2D eigenvalue weighted by molar-refractivity contribution is 0.136. The minimum Gasteiger partial charge on any atom is -0.380 e. The highest BCUT2D eigenvalue weighted by Crippen LogP contribution is 2.19. The van der Waals surface area contributed by atoms with Gasteiger partial charge in [0, 0.05) is 23.7 Å². The molecule has 4 heteroatoms. The van der Waals surface area contributed by atoms with Crippen LogP contribution in [0.1, 0.15) is 6.92 Å². The predicted octanol–water partition coefficient (Wildman–Crippen LogP) is 2.65. The summed E-state index contributed by atoms with van der Waals surface area (Å²) < 4.78 is 7.20. The molecule has 0 saturated carbocycles. The molecule has 0 atom stereocenters. The highest BCUT2D eigenvalue weighted by molar-refractivity contribution is 7.08. The first kappa shape index (κ1) is 10.4. The molecule has 2 aromatic rings. The van der Waals surface area contributed by atoms with Gasteiger partial charge in [0.25, 0.3) is 0 Å². The van der Waals surface area contributed by atoms with Gasteiger partial charge in [0.15, 0.2) is 0 Å². The Morgan fingerprint density at radius 1 is 1.47 bits per heavy atom. The van der Waals surface area contributed by atoms with Crippen LogP contribution in [0.4, 0.5) is 0 Å². The Balaban J connectivity index is 1.98. The first-order chi connectivity index (χ1) is 7.40. The SMILES string of the molecule is CCOCCn1ccc(-c2ccsc2)n1. The number of nitrogens with zero attached hydrogens (tertiary/aromatic N) is 2. The van der Waals surface area contributed by atoms with Crippen molar-refractivity contribution in [3.05, 3.63) is 29.1 Å². The van der Waals surface area contributed by atoms with Gasteiger partial charge in [-0.2, -0.15) is 16.4 Å². The fourth-order valence-electron chi connectivity index (χ4n) is 1.35. The lowest BCUT2D eigenvalue weighted by Gasteiger charge is -2.00. The summed E-state index contributed by atoms with van der Waals surface area (Å²) in [6.07, 6.45) is 1.99. The molecule has 15 heavy (non-hydrogen) atoms. The maximum absolute atomic E-state index is 5.28. The quantitative estimate of drug-likeness (QED) is 0.727. The largest absolute Gasteiger partial charge is 0.380 e. The van der Waals surface area contributed by atoms with Crippen LogP contribution in [0.2, 0.25) is 0 Å². The van der Waals surface area contributed by atoms with Crippen LogP contribution in [0.25, 0.3) is 11.3 Å². The molecule has 0 saturated heterocycles. The fraction of sp³-hybridized carbons (Fsp3) is 0.364. The topological polar surface area (TPSA) is 27.1 Å². The Hall–Kier alpha value is -1.13. The van der Waals surface area contributed by atoms with Crippen molar-refractivity contribution in [2.24, 2.45) is 0 Å². The third-order valence-corrected chi connectivity index (χ3v) is 2.81. The molecule has 0 aliphatic carbocycles. The second kappa shape index (κ2) is 5.09. The van der Waals surface area contributed by atoms with E-state index in [1.165, 1.54) is 5.56 Å². The average Bonchev–Trinajstić information content (AvgIpc) is 2.87. The number of hydrogen-bond acceptors (Lipinski definition) is 3. The molecule has 0 aliphatic rings. The van der Waals surface area contributed by atoms with Crippen LogP contribution in [-0.4, -0.2) is 23.0 Å². The monoisotopic (exact) mass is 222 g/mol. The summed E-state index contributed by atoms with van der Waals surface area (Å²) in [5.74, 6) is 0. The Morgan fingerprint density at radius 2 is 2.40 bits per heavy atom. The molecule has 3 nitrogen and oxygen atoms in total. The molecule has 0 aromatic carbocycles. The van der Waals surface area contributed by atoms with Gasteiger partial charge in [-0.1, -0.05) is 0 Å². The normalized spacial score (nSPS) is 10.7. The van der Waals surface area contributed by atoms with E-state index < -0.39 is 0 Å². The van der Waals surface area contributed by atoms with Crippen molar-refractivity contribution >= 4 is 11.3 Å². The molecule has 0 spiro atoms. The maximum Gasteiger partial charge on any atom is 0.0931 e. The van der Waals surface area contributed by atoms with Gasteiger partial charge in [0.05, 0.1) is 18.8 Å². The van der Waals surface area contributed by atoms with E-state index in [1.54, 1.807) is 11.3 Å². The summed E-state index contributed by atoms with van der Waals surface area (Å²) in [6, 6.07) is 4.12. The van der Waals surface area contributed by atoms with Gasteiger partial charge in [0.1, 0.15) is 0 Å². The highest BCUT2D eigenvalue weighted by Gasteiger charge is 2.01. The van der Waals surface area contributed by atoms with Crippen molar-refractivity contribution in [3.8, 4) is 11.3 Å². The Labute approximate surface area is 93.3 Å². The molecule has 2 aromatic heterocycles. The van der Waals surface area contributed by atoms with Crippen LogP contribution < -0.4 is 0 Å². The minimum absolute atomic E-state index is 0.723. The van der Waals surface area contributed by atoms with E-state index >= 15 is 0 Å². The summed E-state index contributed by atoms with van der Waals surface area (Å²) in [5.41, 5.74) is 2.22. The zero-order valence-corrected chi connectivity index (χ0v) is 9.54. The van der Waals surface area contributed by atoms with Gasteiger partial charge in [-0.3, -0.25) is 4.68 Å². The van der Waals surface area contributed by atoms with Crippen molar-refractivity contribution < 1.29 is 4.74 Å². The van der Waals surface area contributed by atoms with E-state index in [-0.39, 0.29) is 0 Å². The van der Waals surface area contributed by atoms with Gasteiger partial charge >= 0.3 is 0 Å². The van der Waals surface area contributed by atoms with Gasteiger partial charge in [-0.15, -0.1) is 0 Å². The first-order valence-electron chi connectivity index (χ1n) is 5.04. The number of aromatic nitrogens is 2. The van der Waals surface area contributed by atoms with Crippen molar-refractivity contribution in [1.29, 1.82) is 0 Å². The maximum atomic E-state index is 5.28. The van der Waals surface area contributed by atoms with Crippen molar-refractivity contribution in [2.75, 3.05) is 13.2 Å². The Bertz CT molecular complexity index is 394. The lowest BCUT2D eigenvalue weighted by atomic mass is 10.2. The second-order valence-electron chi connectivity index (χ2n) is 3.17. The summed E-state index contributed by atoms with van der Waals surface area (Å²) in [4.78, 5) is 0. The number of rotatable bonds is 5. The molecule has 0 bridgehead atoms. The fourth-order valence-corrected chi connectivity index (χ4v) is 2.00. The highest BCUT2D eigenvalue weighted by atomic mass is 32.1. The molecule has 2 heterocycles. The third-order valence-electron chi connectivity index (χ3n) is 2.13. The zero-order valence-electron chi connectivity index (χ0n) is 8.72. The standard InChI is InChI=1S/C11H14N2OS/c1-2-14-7-6-13-5-3-11(12-13)10-4-8-15-9-10/h3-5,8-9H,2,6-7H2,1H3. The van der Waals surface area contributed by atoms with E-state index in [2.05, 4.69) is 21.9 Å². The van der Waals surface area contributed by atoms with Crippen molar-refractivity contribution in [2.45, 2.75) is 13.5 Å². The van der Waals surface area contributed by atoms with E-state index in [1.807, 2.05) is 23.9 Å². The van der Waals surface area contributed by atoms with Crippen molar-refractivity contribution in [1.82, 2.24) is 9.78 Å². The van der Waals surface area contributed by atoms with E-state index in [4.69, 9.17) is 4.74 Å². The molecule has 0 aliphatic heterocycles. The number of thiophene rings is 1. The predicted molar refractivity (Wildman–Crippen MR) is 62.0 cm³/mol. The molecule has 0 N–H and O–H groups in total. The Morgan fingerprint density at radius 3 is 3.13 bits per heavy atom. The van der Waals surface area contributed by atoms with Gasteiger partial charge in [-0.05, 0) is 24.4 Å². The van der Waals surface area contributed by atoms with Crippen LogP contribution in [-0.2, 0) is 11.3 Å². The smallest absolute Gasteiger partial charge is 0.0931 e. The molecule has 0 radical (unpaired) electrons. The average molecular weight is 222 g/mol. The second-order valence-corrected chi connectivity index (χ2v) is 3.95. The number of ether oxygens (including phenoxy) is 1. The van der Waals surface area contributed by atoms with Crippen LogP contribution in [0.5, 0.6) is 0 Å². The third kappa shape index (κ3) is 2.67. The van der Waals surface area contributed by atoms with Crippen LogP contribution in [0.3, 0.4) is 0 Å². The molecule has 80 valence electrons. The molecular formula is C11H14N2OS. The number of hydrogen-bond donors (Lipinski definition) is 0. The van der Waals surface area contributed by atoms with E-state index in [9.17, 15) is 0 Å². The van der Waals surface area contributed by atoms with E-state index in [0.29, 0.717) is 0 Å². The summed E-state index contributed by atoms with van der Waals surface area (Å²) in [7, 11) is 0. The first-order valence-corrected chi connectivity index (χ1v) is 5.98. The van der Waals surface area contributed by atoms with Crippen LogP contribution in [0, 0.1) is 0 Å². The summed E-state index contributed by atoms with van der Waals surface area (Å²) >= 11 is 1.69. The van der Waals surface area contributed by atoms with Crippen LogP contribution in [0.15, 0.2) is 29.1 Å². The molecule has 0 fully saturated rings. The van der Waals surface area contributed by atoms with Gasteiger partial charge in [-0.25, -0.2) is 0 Å². The van der Waals surface area contributed by atoms with Crippen molar-refractivity contribution in [3.63, 3.8) is 0 Å². The summed E-state index contributed by atoms with van der Waals surface area (Å²) in [6.45, 7) is 4.30. The van der Waals surface area contributed by atoms with E-state index in [0.717, 1.165) is 25.5 Å².